The number of hydrogen-bond donors (Lipinski definition) is 1. The molecule has 146 valence electrons. The summed E-state index contributed by atoms with van der Waals surface area (Å²) in [4.78, 5) is 27.3. The summed E-state index contributed by atoms with van der Waals surface area (Å²) in [5.74, 6) is -0.948. The van der Waals surface area contributed by atoms with Crippen molar-refractivity contribution in [1.82, 2.24) is 4.90 Å². The molecule has 1 aliphatic heterocycles. The molecule has 1 N–H and O–H groups in total. The summed E-state index contributed by atoms with van der Waals surface area (Å²) in [5.41, 5.74) is 3.46. The van der Waals surface area contributed by atoms with Gasteiger partial charge < -0.3 is 14.4 Å². The Bertz CT molecular complexity index is 1080. The number of aryl methyl sites for hydroxylation is 2. The number of hydrogen-bond acceptors (Lipinski definition) is 4. The maximum atomic E-state index is 12.9. The minimum atomic E-state index is -0.694. The van der Waals surface area contributed by atoms with Crippen LogP contribution in [0.3, 0.4) is 0 Å². The summed E-state index contributed by atoms with van der Waals surface area (Å²) in [6.07, 6.45) is 1.53. The van der Waals surface area contributed by atoms with E-state index >= 15 is 0 Å². The molecule has 1 amide bonds. The van der Waals surface area contributed by atoms with Crippen molar-refractivity contribution in [2.45, 2.75) is 26.4 Å². The maximum Gasteiger partial charge on any atom is 0.296 e. The molecule has 1 unspecified atom stereocenters. The van der Waals surface area contributed by atoms with E-state index in [0.717, 1.165) is 16.7 Å². The Morgan fingerprint density at radius 2 is 1.59 bits per heavy atom. The van der Waals surface area contributed by atoms with Crippen LogP contribution in [0.15, 0.2) is 76.9 Å². The van der Waals surface area contributed by atoms with Crippen LogP contribution in [0.1, 0.15) is 34.1 Å². The van der Waals surface area contributed by atoms with Gasteiger partial charge in [-0.1, -0.05) is 59.7 Å². The van der Waals surface area contributed by atoms with Crippen molar-refractivity contribution in [3.63, 3.8) is 0 Å². The first-order chi connectivity index (χ1) is 14.0. The molecule has 2 heterocycles. The van der Waals surface area contributed by atoms with Crippen LogP contribution in [-0.2, 0) is 16.1 Å². The molecule has 0 bridgehead atoms. The van der Waals surface area contributed by atoms with Crippen LogP contribution in [0, 0.1) is 13.8 Å². The van der Waals surface area contributed by atoms with E-state index in [0.29, 0.717) is 11.3 Å². The van der Waals surface area contributed by atoms with Crippen LogP contribution < -0.4 is 0 Å². The van der Waals surface area contributed by atoms with Crippen molar-refractivity contribution in [2.24, 2.45) is 0 Å². The van der Waals surface area contributed by atoms with Crippen molar-refractivity contribution in [2.75, 3.05) is 0 Å². The number of aliphatic hydroxyl groups excluding tert-OH is 1. The first-order valence-electron chi connectivity index (χ1n) is 9.40. The summed E-state index contributed by atoms with van der Waals surface area (Å²) in [6, 6.07) is 17.6. The molecule has 2 aromatic carbocycles. The van der Waals surface area contributed by atoms with Gasteiger partial charge in [-0.3, -0.25) is 9.59 Å². The van der Waals surface area contributed by atoms with Gasteiger partial charge in [-0.15, -0.1) is 0 Å². The fourth-order valence-corrected chi connectivity index (χ4v) is 3.58. The van der Waals surface area contributed by atoms with Gasteiger partial charge in [-0.25, -0.2) is 0 Å². The standard InChI is InChI=1S/C24H21NO4/c1-15-5-9-17(10-6-15)21-20(22(26)18-11-7-16(2)8-12-18)23(27)24(28)25(21)14-19-4-3-13-29-19/h3-13,21,26H,14H2,1-2H3. The monoisotopic (exact) mass is 387 g/mol. The van der Waals surface area contributed by atoms with Gasteiger partial charge >= 0.3 is 0 Å². The normalized spacial score (nSPS) is 18.4. The Hall–Kier alpha value is -3.60. The highest BCUT2D eigenvalue weighted by Crippen LogP contribution is 2.40. The number of carbonyl (C=O) groups excluding carboxylic acids is 2. The summed E-state index contributed by atoms with van der Waals surface area (Å²) < 4.78 is 5.39. The summed E-state index contributed by atoms with van der Waals surface area (Å²) in [5, 5.41) is 11.0. The largest absolute Gasteiger partial charge is 0.507 e. The van der Waals surface area contributed by atoms with Gasteiger partial charge in [0.05, 0.1) is 24.4 Å². The molecule has 29 heavy (non-hydrogen) atoms. The van der Waals surface area contributed by atoms with E-state index in [4.69, 9.17) is 4.42 Å². The van der Waals surface area contributed by atoms with E-state index in [1.54, 1.807) is 24.3 Å². The Morgan fingerprint density at radius 1 is 0.966 bits per heavy atom. The van der Waals surface area contributed by atoms with Crippen LogP contribution in [0.2, 0.25) is 0 Å². The summed E-state index contributed by atoms with van der Waals surface area (Å²) in [6.45, 7) is 4.05. The molecule has 5 nitrogen and oxygen atoms in total. The molecule has 1 aromatic heterocycles. The minimum absolute atomic E-state index is 0.0919. The fourth-order valence-electron chi connectivity index (χ4n) is 3.58. The number of Topliss-reactive ketones (excluding diaryl/α,β-unsaturated/α-hetero) is 1. The third-order valence-electron chi connectivity index (χ3n) is 5.16. The van der Waals surface area contributed by atoms with Crippen LogP contribution in [0.5, 0.6) is 0 Å². The average Bonchev–Trinajstić information content (AvgIpc) is 3.31. The number of likely N-dealkylation sites (tertiary alicyclic amines) is 1. The Kier molecular flexibility index (Phi) is 4.80. The first kappa shape index (κ1) is 18.7. The average molecular weight is 387 g/mol. The van der Waals surface area contributed by atoms with Gasteiger partial charge in [0.2, 0.25) is 0 Å². The van der Waals surface area contributed by atoms with Crippen molar-refractivity contribution in [3.05, 3.63) is 101 Å². The highest BCUT2D eigenvalue weighted by molar-refractivity contribution is 6.46. The van der Waals surface area contributed by atoms with E-state index in [1.807, 2.05) is 50.2 Å². The number of nitrogens with zero attached hydrogens (tertiary/aromatic N) is 1. The van der Waals surface area contributed by atoms with Crippen LogP contribution in [0.25, 0.3) is 5.76 Å². The van der Waals surface area contributed by atoms with E-state index in [1.165, 1.54) is 11.2 Å². The third-order valence-corrected chi connectivity index (χ3v) is 5.16. The molecule has 5 heteroatoms. The van der Waals surface area contributed by atoms with Crippen molar-refractivity contribution in [1.29, 1.82) is 0 Å². The molecule has 1 saturated heterocycles. The highest BCUT2D eigenvalue weighted by Gasteiger charge is 2.46. The second-order valence-corrected chi connectivity index (χ2v) is 7.28. The lowest BCUT2D eigenvalue weighted by Crippen LogP contribution is -2.29. The number of furan rings is 1. The quantitative estimate of drug-likeness (QED) is 0.406. The number of benzene rings is 2. The number of amides is 1. The first-order valence-corrected chi connectivity index (χ1v) is 9.40. The molecule has 0 aliphatic carbocycles. The zero-order chi connectivity index (χ0) is 20.5. The molecule has 1 fully saturated rings. The van der Waals surface area contributed by atoms with Crippen LogP contribution in [0.4, 0.5) is 0 Å². The second-order valence-electron chi connectivity index (χ2n) is 7.28. The summed E-state index contributed by atoms with van der Waals surface area (Å²) in [7, 11) is 0. The van der Waals surface area contributed by atoms with E-state index < -0.39 is 17.7 Å². The van der Waals surface area contributed by atoms with Crippen molar-refractivity contribution in [3.8, 4) is 0 Å². The van der Waals surface area contributed by atoms with Gasteiger partial charge in [-0.2, -0.15) is 0 Å². The highest BCUT2D eigenvalue weighted by atomic mass is 16.3. The Balaban J connectivity index is 1.86. The molecule has 0 radical (unpaired) electrons. The maximum absolute atomic E-state index is 12.9. The van der Waals surface area contributed by atoms with Crippen molar-refractivity contribution >= 4 is 17.4 Å². The zero-order valence-corrected chi connectivity index (χ0v) is 16.3. The predicted molar refractivity (Wildman–Crippen MR) is 109 cm³/mol. The fraction of sp³-hybridized carbons (Fsp3) is 0.167. The molecule has 1 atom stereocenters. The predicted octanol–water partition coefficient (Wildman–Crippen LogP) is 4.52. The van der Waals surface area contributed by atoms with Crippen LogP contribution in [-0.4, -0.2) is 21.7 Å². The van der Waals surface area contributed by atoms with Crippen LogP contribution >= 0.6 is 0 Å². The summed E-state index contributed by atoms with van der Waals surface area (Å²) >= 11 is 0. The molecular weight excluding hydrogens is 366 g/mol. The Labute approximate surface area is 168 Å². The van der Waals surface area contributed by atoms with Gasteiger partial charge in [0.15, 0.2) is 0 Å². The minimum Gasteiger partial charge on any atom is -0.507 e. The second kappa shape index (κ2) is 7.43. The van der Waals surface area contributed by atoms with Gasteiger partial charge in [0.1, 0.15) is 11.5 Å². The smallest absolute Gasteiger partial charge is 0.296 e. The topological polar surface area (TPSA) is 70.8 Å². The lowest BCUT2D eigenvalue weighted by molar-refractivity contribution is -0.140. The van der Waals surface area contributed by atoms with Crippen molar-refractivity contribution < 1.29 is 19.1 Å². The third kappa shape index (κ3) is 3.47. The van der Waals surface area contributed by atoms with Gasteiger partial charge in [0.25, 0.3) is 11.7 Å². The molecule has 3 aromatic rings. The molecule has 0 saturated carbocycles. The lowest BCUT2D eigenvalue weighted by atomic mass is 9.94. The molecular formula is C24H21NO4. The molecule has 4 rings (SSSR count). The van der Waals surface area contributed by atoms with Gasteiger partial charge in [0, 0.05) is 5.56 Å². The lowest BCUT2D eigenvalue weighted by Gasteiger charge is -2.24. The number of rotatable bonds is 4. The van der Waals surface area contributed by atoms with E-state index in [2.05, 4.69) is 0 Å². The zero-order valence-electron chi connectivity index (χ0n) is 16.3. The van der Waals surface area contributed by atoms with E-state index in [-0.39, 0.29) is 17.9 Å². The molecule has 1 aliphatic rings. The number of carbonyl (C=O) groups is 2. The van der Waals surface area contributed by atoms with E-state index in [9.17, 15) is 14.7 Å². The molecule has 0 spiro atoms. The Morgan fingerprint density at radius 3 is 2.17 bits per heavy atom. The number of ketones is 1. The number of aliphatic hydroxyl groups is 1. The van der Waals surface area contributed by atoms with Gasteiger partial charge in [-0.05, 0) is 31.5 Å². The SMILES string of the molecule is Cc1ccc(C(O)=C2C(=O)C(=O)N(Cc3ccco3)C2c2ccc(C)cc2)cc1.